The molecule has 0 radical (unpaired) electrons. The minimum absolute atomic E-state index is 0.190. The standard InChI is InChI=1S/C21H24FN5O3/c1-13-8-24-20(17-9-23-19-5-4-15(22)11-27(17)19)25-16(13)7-14-3-2-6-26(10-14)21(30)18(29)12-28/h4-5,8-9,11,14,18,28-29H,2-3,6-7,10,12H2,1H3/t14-,18+/m0/s1. The Morgan fingerprint density at radius 2 is 2.17 bits per heavy atom. The molecule has 3 aromatic rings. The number of hydrogen-bond acceptors (Lipinski definition) is 6. The first-order chi connectivity index (χ1) is 14.5. The third-order valence-corrected chi connectivity index (χ3v) is 5.55. The van der Waals surface area contributed by atoms with Crippen LogP contribution in [0, 0.1) is 18.7 Å². The van der Waals surface area contributed by atoms with Gasteiger partial charge in [0.15, 0.2) is 11.9 Å². The molecule has 0 unspecified atom stereocenters. The van der Waals surface area contributed by atoms with E-state index >= 15 is 0 Å². The lowest BCUT2D eigenvalue weighted by Crippen LogP contribution is -2.46. The largest absolute Gasteiger partial charge is 0.393 e. The van der Waals surface area contributed by atoms with E-state index in [4.69, 9.17) is 10.1 Å². The SMILES string of the molecule is Cc1cnc(-c2cnc3ccc(F)cn23)nc1C[C@@H]1CCCN(C(=O)[C@H](O)CO)C1. The van der Waals surface area contributed by atoms with E-state index in [0.717, 1.165) is 24.1 Å². The molecule has 30 heavy (non-hydrogen) atoms. The topological polar surface area (TPSA) is 104 Å². The first-order valence-corrected chi connectivity index (χ1v) is 9.99. The molecule has 158 valence electrons. The summed E-state index contributed by atoms with van der Waals surface area (Å²) < 4.78 is 15.3. The molecule has 1 aliphatic rings. The summed E-state index contributed by atoms with van der Waals surface area (Å²) in [5.41, 5.74) is 3.03. The Bertz CT molecular complexity index is 1070. The lowest BCUT2D eigenvalue weighted by molar-refractivity contribution is -0.144. The highest BCUT2D eigenvalue weighted by molar-refractivity contribution is 5.80. The van der Waals surface area contributed by atoms with Crippen LogP contribution in [0.15, 0.2) is 30.7 Å². The fraction of sp³-hybridized carbons (Fsp3) is 0.429. The number of aliphatic hydroxyl groups is 2. The predicted molar refractivity (Wildman–Crippen MR) is 107 cm³/mol. The number of imidazole rings is 1. The minimum Gasteiger partial charge on any atom is -0.393 e. The summed E-state index contributed by atoms with van der Waals surface area (Å²) in [6.07, 6.45) is 5.80. The number of hydrogen-bond donors (Lipinski definition) is 2. The van der Waals surface area contributed by atoms with Crippen LogP contribution in [0.1, 0.15) is 24.1 Å². The van der Waals surface area contributed by atoms with Crippen LogP contribution in [0.4, 0.5) is 4.39 Å². The number of nitrogens with zero attached hydrogens (tertiary/aromatic N) is 5. The first-order valence-electron chi connectivity index (χ1n) is 9.99. The summed E-state index contributed by atoms with van der Waals surface area (Å²) in [7, 11) is 0. The Labute approximate surface area is 173 Å². The average Bonchev–Trinajstić information content (AvgIpc) is 3.17. The molecule has 2 N–H and O–H groups in total. The van der Waals surface area contributed by atoms with Gasteiger partial charge in [0.2, 0.25) is 0 Å². The van der Waals surface area contributed by atoms with Crippen molar-refractivity contribution >= 4 is 11.6 Å². The van der Waals surface area contributed by atoms with E-state index in [-0.39, 0.29) is 11.7 Å². The molecular formula is C21H24FN5O3. The van der Waals surface area contributed by atoms with Crippen molar-refractivity contribution in [1.82, 2.24) is 24.3 Å². The van der Waals surface area contributed by atoms with Crippen molar-refractivity contribution in [3.8, 4) is 11.5 Å². The number of halogens is 1. The van der Waals surface area contributed by atoms with Crippen LogP contribution in [0.3, 0.4) is 0 Å². The average molecular weight is 413 g/mol. The lowest BCUT2D eigenvalue weighted by Gasteiger charge is -2.33. The van der Waals surface area contributed by atoms with Gasteiger partial charge in [-0.15, -0.1) is 0 Å². The van der Waals surface area contributed by atoms with Crippen LogP contribution < -0.4 is 0 Å². The molecule has 9 heteroatoms. The number of aliphatic hydroxyl groups excluding tert-OH is 2. The van der Waals surface area contributed by atoms with Crippen molar-refractivity contribution in [1.29, 1.82) is 0 Å². The molecule has 1 saturated heterocycles. The highest BCUT2D eigenvalue weighted by Gasteiger charge is 2.28. The molecule has 4 heterocycles. The van der Waals surface area contributed by atoms with Crippen molar-refractivity contribution in [2.24, 2.45) is 5.92 Å². The van der Waals surface area contributed by atoms with Crippen molar-refractivity contribution < 1.29 is 19.4 Å². The number of pyridine rings is 1. The first kappa shape index (κ1) is 20.4. The maximum absolute atomic E-state index is 13.7. The number of rotatable bonds is 5. The van der Waals surface area contributed by atoms with Gasteiger partial charge in [0.1, 0.15) is 17.2 Å². The van der Waals surface area contributed by atoms with Gasteiger partial charge >= 0.3 is 0 Å². The van der Waals surface area contributed by atoms with Gasteiger partial charge in [-0.1, -0.05) is 0 Å². The van der Waals surface area contributed by atoms with E-state index in [1.54, 1.807) is 27.8 Å². The van der Waals surface area contributed by atoms with E-state index < -0.39 is 18.6 Å². The molecule has 0 bridgehead atoms. The molecule has 3 aromatic heterocycles. The molecule has 1 aliphatic heterocycles. The van der Waals surface area contributed by atoms with E-state index in [1.807, 2.05) is 6.92 Å². The summed E-state index contributed by atoms with van der Waals surface area (Å²) >= 11 is 0. The Balaban J connectivity index is 1.56. The van der Waals surface area contributed by atoms with Gasteiger partial charge in [-0.3, -0.25) is 9.20 Å². The van der Waals surface area contributed by atoms with E-state index in [2.05, 4.69) is 9.97 Å². The molecule has 0 saturated carbocycles. The maximum atomic E-state index is 13.7. The summed E-state index contributed by atoms with van der Waals surface area (Å²) in [6, 6.07) is 2.96. The van der Waals surface area contributed by atoms with Crippen molar-refractivity contribution in [2.75, 3.05) is 19.7 Å². The van der Waals surface area contributed by atoms with Gasteiger partial charge < -0.3 is 15.1 Å². The van der Waals surface area contributed by atoms with Crippen molar-refractivity contribution in [3.05, 3.63) is 47.8 Å². The molecule has 2 atom stereocenters. The fourth-order valence-electron chi connectivity index (χ4n) is 3.92. The second-order valence-corrected chi connectivity index (χ2v) is 7.74. The molecule has 0 spiro atoms. The Morgan fingerprint density at radius 1 is 1.33 bits per heavy atom. The van der Waals surface area contributed by atoms with Crippen molar-refractivity contribution in [3.63, 3.8) is 0 Å². The van der Waals surface area contributed by atoms with Crippen molar-refractivity contribution in [2.45, 2.75) is 32.3 Å². The number of piperidine rings is 1. The molecule has 1 fully saturated rings. The molecule has 4 rings (SSSR count). The van der Waals surface area contributed by atoms with Gasteiger partial charge in [-0.25, -0.2) is 19.3 Å². The Kier molecular flexibility index (Phi) is 5.74. The van der Waals surface area contributed by atoms with E-state index in [0.29, 0.717) is 36.7 Å². The summed E-state index contributed by atoms with van der Waals surface area (Å²) in [5.74, 6) is -0.149. The number of aromatic nitrogens is 4. The van der Waals surface area contributed by atoms with Gasteiger partial charge in [0, 0.05) is 31.2 Å². The number of likely N-dealkylation sites (tertiary alicyclic amines) is 1. The normalized spacial score (nSPS) is 18.0. The number of amides is 1. The smallest absolute Gasteiger partial charge is 0.253 e. The maximum Gasteiger partial charge on any atom is 0.253 e. The monoisotopic (exact) mass is 413 g/mol. The zero-order chi connectivity index (χ0) is 21.3. The van der Waals surface area contributed by atoms with Gasteiger partial charge in [0.25, 0.3) is 5.91 Å². The summed E-state index contributed by atoms with van der Waals surface area (Å²) in [4.78, 5) is 27.2. The number of fused-ring (bicyclic) bond motifs is 1. The van der Waals surface area contributed by atoms with Crippen LogP contribution in [0.25, 0.3) is 17.2 Å². The number of carbonyl (C=O) groups excluding carboxylic acids is 1. The highest BCUT2D eigenvalue weighted by Crippen LogP contribution is 2.24. The molecule has 1 amide bonds. The van der Waals surface area contributed by atoms with Crippen LogP contribution in [0.5, 0.6) is 0 Å². The number of carbonyl (C=O) groups is 1. The Hall–Kier alpha value is -2.91. The minimum atomic E-state index is -1.37. The lowest BCUT2D eigenvalue weighted by atomic mass is 9.92. The second-order valence-electron chi connectivity index (χ2n) is 7.74. The van der Waals surface area contributed by atoms with Gasteiger partial charge in [0.05, 0.1) is 12.8 Å². The third kappa shape index (κ3) is 4.03. The molecule has 0 aliphatic carbocycles. The van der Waals surface area contributed by atoms with Crippen LogP contribution >= 0.6 is 0 Å². The van der Waals surface area contributed by atoms with E-state index in [9.17, 15) is 14.3 Å². The second kappa shape index (κ2) is 8.45. The predicted octanol–water partition coefficient (Wildman–Crippen LogP) is 1.37. The van der Waals surface area contributed by atoms with Crippen LogP contribution in [0.2, 0.25) is 0 Å². The van der Waals surface area contributed by atoms with E-state index in [1.165, 1.54) is 12.3 Å². The zero-order valence-corrected chi connectivity index (χ0v) is 16.7. The quantitative estimate of drug-likeness (QED) is 0.655. The molecule has 0 aromatic carbocycles. The highest BCUT2D eigenvalue weighted by atomic mass is 19.1. The fourth-order valence-corrected chi connectivity index (χ4v) is 3.92. The third-order valence-electron chi connectivity index (χ3n) is 5.55. The Morgan fingerprint density at radius 3 is 2.97 bits per heavy atom. The molecule has 8 nitrogen and oxygen atoms in total. The van der Waals surface area contributed by atoms with Crippen LogP contribution in [-0.4, -0.2) is 66.2 Å². The van der Waals surface area contributed by atoms with Gasteiger partial charge in [-0.05, 0) is 49.8 Å². The zero-order valence-electron chi connectivity index (χ0n) is 16.7. The number of aryl methyl sites for hydroxylation is 1. The summed E-state index contributed by atoms with van der Waals surface area (Å²) in [6.45, 7) is 2.45. The van der Waals surface area contributed by atoms with Crippen LogP contribution in [-0.2, 0) is 11.2 Å². The van der Waals surface area contributed by atoms with Gasteiger partial charge in [-0.2, -0.15) is 0 Å². The molecular weight excluding hydrogens is 389 g/mol. The summed E-state index contributed by atoms with van der Waals surface area (Å²) in [5, 5.41) is 18.7.